The van der Waals surface area contributed by atoms with Crippen LogP contribution in [0, 0.1) is 0 Å². The maximum absolute atomic E-state index is 10.4. The van der Waals surface area contributed by atoms with Crippen LogP contribution >= 0.6 is 0 Å². The number of aliphatic hydroxyl groups excluding tert-OH is 3. The Bertz CT molecular complexity index is 555. The Labute approximate surface area is 162 Å². The van der Waals surface area contributed by atoms with Gasteiger partial charge in [0.1, 0.15) is 0 Å². The summed E-state index contributed by atoms with van der Waals surface area (Å²) in [6.45, 7) is 2.05. The van der Waals surface area contributed by atoms with E-state index in [1.54, 1.807) is 24.3 Å². The van der Waals surface area contributed by atoms with Crippen LogP contribution in [-0.2, 0) is 4.79 Å². The Morgan fingerprint density at radius 3 is 2.15 bits per heavy atom. The van der Waals surface area contributed by atoms with Crippen LogP contribution in [0.4, 0.5) is 0 Å². The second-order valence-electron chi connectivity index (χ2n) is 5.92. The molecule has 0 saturated heterocycles. The molecule has 0 aliphatic carbocycles. The van der Waals surface area contributed by atoms with E-state index in [0.29, 0.717) is 6.42 Å². The number of carboxylic acids is 1. The van der Waals surface area contributed by atoms with Crippen LogP contribution < -0.4 is 0 Å². The predicted molar refractivity (Wildman–Crippen MR) is 109 cm³/mol. The molecule has 0 aromatic heterocycles. The van der Waals surface area contributed by atoms with Crippen molar-refractivity contribution in [1.29, 1.82) is 0 Å². The van der Waals surface area contributed by atoms with Gasteiger partial charge < -0.3 is 20.4 Å². The summed E-state index contributed by atoms with van der Waals surface area (Å²) in [5.74, 6) is -1.000. The molecular formula is C22H32O5. The van der Waals surface area contributed by atoms with Crippen LogP contribution in [0.5, 0.6) is 0 Å². The number of aliphatic hydroxyl groups is 3. The van der Waals surface area contributed by atoms with Crippen LogP contribution in [0.1, 0.15) is 39.0 Å². The van der Waals surface area contributed by atoms with Gasteiger partial charge in [0.15, 0.2) is 0 Å². The lowest BCUT2D eigenvalue weighted by molar-refractivity contribution is -0.137. The molecule has 0 heterocycles. The molecule has 0 amide bonds. The number of carboxylic acid groups (broad SMARTS) is 1. The fraction of sp³-hybridized carbons (Fsp3) is 0.409. The Hall–Kier alpha value is -2.21. The average molecular weight is 376 g/mol. The van der Waals surface area contributed by atoms with E-state index >= 15 is 0 Å². The molecule has 0 radical (unpaired) electrons. The Kier molecular flexibility index (Phi) is 15.8. The van der Waals surface area contributed by atoms with E-state index in [4.69, 9.17) is 5.11 Å². The molecule has 27 heavy (non-hydrogen) atoms. The highest BCUT2D eigenvalue weighted by molar-refractivity contribution is 5.66. The first-order chi connectivity index (χ1) is 13.0. The molecule has 0 rings (SSSR count). The quantitative estimate of drug-likeness (QED) is 0.275. The lowest BCUT2D eigenvalue weighted by Crippen LogP contribution is -2.24. The molecule has 4 N–H and O–H groups in total. The van der Waals surface area contributed by atoms with Crippen molar-refractivity contribution in [3.63, 3.8) is 0 Å². The molecule has 150 valence electrons. The number of rotatable bonds is 14. The van der Waals surface area contributed by atoms with Crippen molar-refractivity contribution in [3.8, 4) is 0 Å². The maximum atomic E-state index is 10.4. The highest BCUT2D eigenvalue weighted by atomic mass is 16.4. The molecular weight excluding hydrogens is 344 g/mol. The molecule has 0 bridgehead atoms. The van der Waals surface area contributed by atoms with Gasteiger partial charge in [0, 0.05) is 6.42 Å². The third kappa shape index (κ3) is 17.0. The van der Waals surface area contributed by atoms with E-state index < -0.39 is 24.3 Å². The number of allylic oxidation sites excluding steroid dienone is 9. The van der Waals surface area contributed by atoms with E-state index in [1.165, 1.54) is 6.08 Å². The first-order valence-corrected chi connectivity index (χ1v) is 9.21. The second kappa shape index (κ2) is 17.2. The fourth-order valence-corrected chi connectivity index (χ4v) is 1.94. The van der Waals surface area contributed by atoms with Gasteiger partial charge in [-0.3, -0.25) is 4.79 Å². The van der Waals surface area contributed by atoms with E-state index in [0.717, 1.165) is 12.8 Å². The third-order valence-corrected chi connectivity index (χ3v) is 3.46. The maximum Gasteiger partial charge on any atom is 0.303 e. The smallest absolute Gasteiger partial charge is 0.303 e. The van der Waals surface area contributed by atoms with Gasteiger partial charge in [0.2, 0.25) is 0 Å². The number of carbonyl (C=O) groups is 1. The second-order valence-corrected chi connectivity index (χ2v) is 5.92. The zero-order chi connectivity index (χ0) is 20.3. The molecule has 3 atom stereocenters. The van der Waals surface area contributed by atoms with Crippen LogP contribution in [0.15, 0.2) is 72.9 Å². The van der Waals surface area contributed by atoms with Crippen molar-refractivity contribution in [2.45, 2.75) is 57.3 Å². The third-order valence-electron chi connectivity index (χ3n) is 3.46. The molecule has 0 spiro atoms. The van der Waals surface area contributed by atoms with Crippen molar-refractivity contribution in [2.75, 3.05) is 0 Å². The number of hydrogen-bond acceptors (Lipinski definition) is 4. The average Bonchev–Trinajstić information content (AvgIpc) is 2.64. The fourth-order valence-electron chi connectivity index (χ4n) is 1.94. The minimum atomic E-state index is -1.08. The number of hydrogen-bond donors (Lipinski definition) is 4. The van der Waals surface area contributed by atoms with Gasteiger partial charge in [-0.2, -0.15) is 0 Å². The van der Waals surface area contributed by atoms with E-state index in [1.807, 2.05) is 42.5 Å². The summed E-state index contributed by atoms with van der Waals surface area (Å²) in [5.41, 5.74) is 0. The summed E-state index contributed by atoms with van der Waals surface area (Å²) in [4.78, 5) is 10.4. The van der Waals surface area contributed by atoms with Crippen molar-refractivity contribution in [2.24, 2.45) is 0 Å². The van der Waals surface area contributed by atoms with Crippen LogP contribution in [0.3, 0.4) is 0 Å². The SMILES string of the molecule is CC/C=C\C[C@@H](O)/C=C/C=C\C\C=C/C=C/C=C/[C@@H](O)[C@@H](O)CCC(=O)O. The van der Waals surface area contributed by atoms with Gasteiger partial charge in [0.25, 0.3) is 0 Å². The van der Waals surface area contributed by atoms with E-state index in [-0.39, 0.29) is 12.8 Å². The summed E-state index contributed by atoms with van der Waals surface area (Å²) in [6.07, 6.45) is 21.3. The number of aliphatic carboxylic acids is 1. The summed E-state index contributed by atoms with van der Waals surface area (Å²) < 4.78 is 0. The van der Waals surface area contributed by atoms with Crippen molar-refractivity contribution in [3.05, 3.63) is 72.9 Å². The molecule has 0 aromatic rings. The summed E-state index contributed by atoms with van der Waals surface area (Å²) in [7, 11) is 0. The first-order valence-electron chi connectivity index (χ1n) is 9.21. The molecule has 0 saturated carbocycles. The molecule has 0 aliphatic heterocycles. The summed E-state index contributed by atoms with van der Waals surface area (Å²) in [5, 5.41) is 37.4. The first kappa shape index (κ1) is 24.8. The van der Waals surface area contributed by atoms with Crippen LogP contribution in [0.25, 0.3) is 0 Å². The Balaban J connectivity index is 3.98. The monoisotopic (exact) mass is 376 g/mol. The summed E-state index contributed by atoms with van der Waals surface area (Å²) >= 11 is 0. The summed E-state index contributed by atoms with van der Waals surface area (Å²) in [6, 6.07) is 0. The lowest BCUT2D eigenvalue weighted by atomic mass is 10.1. The normalized spacial score (nSPS) is 16.6. The molecule has 0 aliphatic rings. The van der Waals surface area contributed by atoms with Crippen LogP contribution in [0.2, 0.25) is 0 Å². The van der Waals surface area contributed by atoms with Crippen LogP contribution in [-0.4, -0.2) is 44.7 Å². The zero-order valence-corrected chi connectivity index (χ0v) is 15.9. The molecule has 5 nitrogen and oxygen atoms in total. The van der Waals surface area contributed by atoms with Gasteiger partial charge >= 0.3 is 5.97 Å². The van der Waals surface area contributed by atoms with Gasteiger partial charge in [-0.15, -0.1) is 0 Å². The molecule has 0 aromatic carbocycles. The van der Waals surface area contributed by atoms with Gasteiger partial charge in [-0.05, 0) is 25.7 Å². The van der Waals surface area contributed by atoms with Gasteiger partial charge in [0.05, 0.1) is 18.3 Å². The highest BCUT2D eigenvalue weighted by Crippen LogP contribution is 2.04. The predicted octanol–water partition coefficient (Wildman–Crippen LogP) is 3.46. The Morgan fingerprint density at radius 2 is 1.48 bits per heavy atom. The topological polar surface area (TPSA) is 98.0 Å². The van der Waals surface area contributed by atoms with E-state index in [9.17, 15) is 20.1 Å². The minimum absolute atomic E-state index is 0.0116. The van der Waals surface area contributed by atoms with Gasteiger partial charge in [-0.25, -0.2) is 0 Å². The minimum Gasteiger partial charge on any atom is -0.481 e. The molecule has 5 heteroatoms. The van der Waals surface area contributed by atoms with E-state index in [2.05, 4.69) is 6.92 Å². The lowest BCUT2D eigenvalue weighted by Gasteiger charge is -2.12. The van der Waals surface area contributed by atoms with Crippen molar-refractivity contribution >= 4 is 5.97 Å². The largest absolute Gasteiger partial charge is 0.481 e. The molecule has 0 unspecified atom stereocenters. The van der Waals surface area contributed by atoms with Crippen molar-refractivity contribution in [1.82, 2.24) is 0 Å². The molecule has 0 fully saturated rings. The standard InChI is InChI=1S/C22H32O5/c1-2-3-11-14-19(23)15-12-9-7-5-4-6-8-10-13-16-20(24)21(25)17-18-22(26)27/h3-4,6-13,15-16,19-21,23-25H,2,5,14,17-18H2,1H3,(H,26,27)/b6-4-,9-7-,10-8+,11-3-,15-12+,16-13+/t19-,20-,21+/m1/s1. The van der Waals surface area contributed by atoms with Crippen molar-refractivity contribution < 1.29 is 25.2 Å². The highest BCUT2D eigenvalue weighted by Gasteiger charge is 2.13. The zero-order valence-electron chi connectivity index (χ0n) is 15.9. The Morgan fingerprint density at radius 1 is 0.852 bits per heavy atom. The van der Waals surface area contributed by atoms with Gasteiger partial charge in [-0.1, -0.05) is 79.8 Å².